The Morgan fingerprint density at radius 2 is 1.21 bits per heavy atom. The first kappa shape index (κ1) is 16.1. The van der Waals surface area contributed by atoms with E-state index in [1.807, 2.05) is 0 Å². The summed E-state index contributed by atoms with van der Waals surface area (Å²) in [4.78, 5) is 23.9. The van der Waals surface area contributed by atoms with Crippen LogP contribution in [0.25, 0.3) is 0 Å². The summed E-state index contributed by atoms with van der Waals surface area (Å²) in [6.45, 7) is 0.450. The summed E-state index contributed by atoms with van der Waals surface area (Å²) >= 11 is 0. The minimum atomic E-state index is -0.146. The average Bonchev–Trinajstić information content (AvgIpc) is 3.49. The first-order chi connectivity index (χ1) is 11.7. The molecule has 2 aliphatic carbocycles. The zero-order chi connectivity index (χ0) is 16.5. The van der Waals surface area contributed by atoms with Crippen molar-refractivity contribution in [3.63, 3.8) is 0 Å². The van der Waals surface area contributed by atoms with Gasteiger partial charge in [0.05, 0.1) is 36.3 Å². The lowest BCUT2D eigenvalue weighted by Gasteiger charge is -2.17. The Hall–Kier alpha value is -1.40. The Labute approximate surface area is 141 Å². The number of hydrogen-bond acceptors (Lipinski definition) is 6. The van der Waals surface area contributed by atoms with E-state index in [-0.39, 0.29) is 49.2 Å². The van der Waals surface area contributed by atoms with Crippen LogP contribution in [0.4, 0.5) is 0 Å². The average molecular weight is 336 g/mol. The molecule has 6 heteroatoms. The third-order valence-electron chi connectivity index (χ3n) is 5.49. The second-order valence-electron chi connectivity index (χ2n) is 7.18. The van der Waals surface area contributed by atoms with Crippen molar-refractivity contribution in [2.24, 2.45) is 11.8 Å². The predicted molar refractivity (Wildman–Crippen MR) is 83.1 cm³/mol. The Kier molecular flexibility index (Phi) is 4.59. The SMILES string of the molecule is O=C(OCC=CCOC(=O)C1CCC2OC2C1)C1CCC2OC2C1. The Balaban J connectivity index is 1.08. The van der Waals surface area contributed by atoms with E-state index in [1.54, 1.807) is 12.2 Å². The lowest BCUT2D eigenvalue weighted by atomic mass is 9.89. The number of carbonyl (C=O) groups excluding carboxylic acids is 2. The molecule has 2 saturated carbocycles. The molecule has 0 N–H and O–H groups in total. The molecule has 0 radical (unpaired) electrons. The van der Waals surface area contributed by atoms with Gasteiger partial charge < -0.3 is 18.9 Å². The van der Waals surface area contributed by atoms with Crippen molar-refractivity contribution >= 4 is 11.9 Å². The first-order valence-corrected chi connectivity index (χ1v) is 9.00. The van der Waals surface area contributed by atoms with Crippen molar-refractivity contribution in [3.05, 3.63) is 12.2 Å². The van der Waals surface area contributed by atoms with Crippen molar-refractivity contribution in [3.8, 4) is 0 Å². The topological polar surface area (TPSA) is 77.7 Å². The van der Waals surface area contributed by atoms with Gasteiger partial charge in [-0.05, 0) is 50.7 Å². The Morgan fingerprint density at radius 1 is 0.750 bits per heavy atom. The molecule has 4 rings (SSSR count). The van der Waals surface area contributed by atoms with E-state index in [0.717, 1.165) is 38.5 Å². The maximum atomic E-state index is 11.9. The van der Waals surface area contributed by atoms with Crippen LogP contribution in [0.1, 0.15) is 38.5 Å². The Bertz CT molecular complexity index is 484. The summed E-state index contributed by atoms with van der Waals surface area (Å²) < 4.78 is 21.3. The standard InChI is InChI=1S/C18H24O6/c19-17(11-3-5-13-15(9-11)23-13)21-7-1-2-8-22-18(20)12-4-6-14-16(10-12)24-14/h1-2,11-16H,3-10H2. The second kappa shape index (κ2) is 6.84. The van der Waals surface area contributed by atoms with E-state index in [9.17, 15) is 9.59 Å². The lowest BCUT2D eigenvalue weighted by molar-refractivity contribution is -0.149. The van der Waals surface area contributed by atoms with Crippen molar-refractivity contribution in [2.45, 2.75) is 62.9 Å². The fourth-order valence-electron chi connectivity index (χ4n) is 3.87. The molecule has 132 valence electrons. The van der Waals surface area contributed by atoms with Crippen LogP contribution in [-0.2, 0) is 28.5 Å². The van der Waals surface area contributed by atoms with Crippen LogP contribution in [0.3, 0.4) is 0 Å². The van der Waals surface area contributed by atoms with Crippen LogP contribution in [0.15, 0.2) is 12.2 Å². The van der Waals surface area contributed by atoms with Crippen molar-refractivity contribution in [1.29, 1.82) is 0 Å². The van der Waals surface area contributed by atoms with Crippen LogP contribution < -0.4 is 0 Å². The summed E-state index contributed by atoms with van der Waals surface area (Å²) in [7, 11) is 0. The van der Waals surface area contributed by atoms with Crippen molar-refractivity contribution in [2.75, 3.05) is 13.2 Å². The highest BCUT2D eigenvalue weighted by Crippen LogP contribution is 2.40. The van der Waals surface area contributed by atoms with Gasteiger partial charge in [0.15, 0.2) is 0 Å². The van der Waals surface area contributed by atoms with Crippen LogP contribution >= 0.6 is 0 Å². The molecule has 2 aliphatic heterocycles. The minimum Gasteiger partial charge on any atom is -0.461 e. The van der Waals surface area contributed by atoms with Crippen LogP contribution in [0.2, 0.25) is 0 Å². The smallest absolute Gasteiger partial charge is 0.309 e. The van der Waals surface area contributed by atoms with E-state index in [4.69, 9.17) is 18.9 Å². The quantitative estimate of drug-likeness (QED) is 0.418. The molecule has 0 aromatic heterocycles. The van der Waals surface area contributed by atoms with E-state index < -0.39 is 0 Å². The van der Waals surface area contributed by atoms with Crippen LogP contribution in [0, 0.1) is 11.8 Å². The van der Waals surface area contributed by atoms with Gasteiger partial charge in [-0.25, -0.2) is 0 Å². The summed E-state index contributed by atoms with van der Waals surface area (Å²) in [5.41, 5.74) is 0. The highest BCUT2D eigenvalue weighted by atomic mass is 16.6. The summed E-state index contributed by atoms with van der Waals surface area (Å²) in [6, 6.07) is 0. The fraction of sp³-hybridized carbons (Fsp3) is 0.778. The van der Waals surface area contributed by atoms with Gasteiger partial charge in [0.25, 0.3) is 0 Å². The highest BCUT2D eigenvalue weighted by molar-refractivity contribution is 5.73. The monoisotopic (exact) mass is 336 g/mol. The largest absolute Gasteiger partial charge is 0.461 e. The molecular weight excluding hydrogens is 312 g/mol. The molecule has 0 aromatic rings. The highest BCUT2D eigenvalue weighted by Gasteiger charge is 2.46. The minimum absolute atomic E-state index is 0.0280. The molecule has 6 nitrogen and oxygen atoms in total. The third-order valence-corrected chi connectivity index (χ3v) is 5.49. The van der Waals surface area contributed by atoms with E-state index in [2.05, 4.69) is 0 Å². The van der Waals surface area contributed by atoms with Gasteiger partial charge in [0, 0.05) is 0 Å². The number of rotatable bonds is 6. The number of epoxide rings is 2. The molecule has 0 bridgehead atoms. The van der Waals surface area contributed by atoms with Gasteiger partial charge in [-0.15, -0.1) is 0 Å². The number of hydrogen-bond donors (Lipinski definition) is 0. The molecular formula is C18H24O6. The molecule has 2 saturated heterocycles. The number of carbonyl (C=O) groups is 2. The zero-order valence-corrected chi connectivity index (χ0v) is 13.7. The molecule has 4 aliphatic rings. The van der Waals surface area contributed by atoms with Gasteiger partial charge >= 0.3 is 11.9 Å². The van der Waals surface area contributed by atoms with Gasteiger partial charge in [-0.3, -0.25) is 9.59 Å². The summed E-state index contributed by atoms with van der Waals surface area (Å²) in [6.07, 6.45) is 10.0. The van der Waals surface area contributed by atoms with Crippen LogP contribution in [0.5, 0.6) is 0 Å². The van der Waals surface area contributed by atoms with E-state index in [0.29, 0.717) is 12.2 Å². The summed E-state index contributed by atoms with van der Waals surface area (Å²) in [5, 5.41) is 0. The molecule has 2 heterocycles. The van der Waals surface area contributed by atoms with Gasteiger partial charge in [-0.2, -0.15) is 0 Å². The predicted octanol–water partition coefficient (Wildman–Crippen LogP) is 1.76. The normalized spacial score (nSPS) is 39.7. The van der Waals surface area contributed by atoms with Gasteiger partial charge in [-0.1, -0.05) is 0 Å². The van der Waals surface area contributed by atoms with Gasteiger partial charge in [0.2, 0.25) is 0 Å². The first-order valence-electron chi connectivity index (χ1n) is 9.00. The summed E-state index contributed by atoms with van der Waals surface area (Å²) in [5.74, 6) is -0.349. The second-order valence-corrected chi connectivity index (χ2v) is 7.18. The van der Waals surface area contributed by atoms with Crippen molar-refractivity contribution in [1.82, 2.24) is 0 Å². The fourth-order valence-corrected chi connectivity index (χ4v) is 3.87. The maximum absolute atomic E-state index is 11.9. The molecule has 24 heavy (non-hydrogen) atoms. The zero-order valence-electron chi connectivity index (χ0n) is 13.7. The number of esters is 2. The molecule has 0 spiro atoms. The van der Waals surface area contributed by atoms with E-state index >= 15 is 0 Å². The molecule has 4 fully saturated rings. The molecule has 6 unspecified atom stereocenters. The molecule has 0 amide bonds. The molecule has 6 atom stereocenters. The number of fused-ring (bicyclic) bond motifs is 2. The van der Waals surface area contributed by atoms with E-state index in [1.165, 1.54) is 0 Å². The molecule has 0 aromatic carbocycles. The van der Waals surface area contributed by atoms with Crippen molar-refractivity contribution < 1.29 is 28.5 Å². The third kappa shape index (κ3) is 3.81. The number of ether oxygens (including phenoxy) is 4. The lowest BCUT2D eigenvalue weighted by Crippen LogP contribution is -2.24. The maximum Gasteiger partial charge on any atom is 0.309 e. The van der Waals surface area contributed by atoms with Gasteiger partial charge in [0.1, 0.15) is 13.2 Å². The Morgan fingerprint density at radius 3 is 1.62 bits per heavy atom. The van der Waals surface area contributed by atoms with Crippen LogP contribution in [-0.4, -0.2) is 49.6 Å².